The lowest BCUT2D eigenvalue weighted by Crippen LogP contribution is -2.30. The van der Waals surface area contributed by atoms with E-state index in [1.807, 2.05) is 13.8 Å². The maximum atomic E-state index is 11.6. The van der Waals surface area contributed by atoms with E-state index in [2.05, 4.69) is 10.6 Å². The van der Waals surface area contributed by atoms with E-state index in [9.17, 15) is 14.9 Å². The molecule has 0 bridgehead atoms. The van der Waals surface area contributed by atoms with Gasteiger partial charge in [0.25, 0.3) is 11.6 Å². The largest absolute Gasteiger partial charge is 0.379 e. The number of hydrogen-bond acceptors (Lipinski definition) is 6. The third-order valence-corrected chi connectivity index (χ3v) is 3.94. The zero-order valence-corrected chi connectivity index (χ0v) is 14.1. The Kier molecular flexibility index (Phi) is 5.74. The van der Waals surface area contributed by atoms with Gasteiger partial charge in [0.1, 0.15) is 5.69 Å². The van der Waals surface area contributed by atoms with E-state index in [0.29, 0.717) is 31.9 Å². The summed E-state index contributed by atoms with van der Waals surface area (Å²) in [7, 11) is 1.48. The summed E-state index contributed by atoms with van der Waals surface area (Å²) >= 11 is 0. The SMILES string of the molecule is CNC(=O)c1ccc(NCC(C)CC2(C)OCCO2)c([N+](=O)[O-])c1. The van der Waals surface area contributed by atoms with Crippen molar-refractivity contribution in [2.45, 2.75) is 26.1 Å². The van der Waals surface area contributed by atoms with Crippen LogP contribution >= 0.6 is 0 Å². The standard InChI is InChI=1S/C16H23N3O5/c1-11(9-16(2)23-6-7-24-16)10-18-13-5-4-12(15(20)17-3)8-14(13)19(21)22/h4-5,8,11,18H,6-7,9-10H2,1-3H3,(H,17,20). The highest BCUT2D eigenvalue weighted by molar-refractivity contribution is 5.95. The van der Waals surface area contributed by atoms with Crippen molar-refractivity contribution in [2.75, 3.05) is 32.1 Å². The topological polar surface area (TPSA) is 103 Å². The number of nitrogens with zero attached hydrogens (tertiary/aromatic N) is 1. The Balaban J connectivity index is 2.03. The molecule has 1 aliphatic heterocycles. The number of nitrogens with one attached hydrogen (secondary N) is 2. The number of anilines is 1. The molecule has 1 aromatic rings. The Hall–Kier alpha value is -2.19. The van der Waals surface area contributed by atoms with Crippen LogP contribution in [0.2, 0.25) is 0 Å². The molecular formula is C16H23N3O5. The van der Waals surface area contributed by atoms with E-state index < -0.39 is 10.7 Å². The van der Waals surface area contributed by atoms with E-state index in [1.165, 1.54) is 13.1 Å². The number of nitro groups is 1. The normalized spacial score (nSPS) is 17.3. The molecule has 1 heterocycles. The van der Waals surface area contributed by atoms with Gasteiger partial charge < -0.3 is 20.1 Å². The first-order valence-corrected chi connectivity index (χ1v) is 7.87. The van der Waals surface area contributed by atoms with Crippen molar-refractivity contribution in [3.05, 3.63) is 33.9 Å². The smallest absolute Gasteiger partial charge is 0.293 e. The molecule has 2 rings (SSSR count). The van der Waals surface area contributed by atoms with Gasteiger partial charge in [0.05, 0.1) is 18.1 Å². The van der Waals surface area contributed by atoms with Gasteiger partial charge in [0.2, 0.25) is 0 Å². The van der Waals surface area contributed by atoms with Crippen molar-refractivity contribution in [2.24, 2.45) is 5.92 Å². The monoisotopic (exact) mass is 337 g/mol. The van der Waals surface area contributed by atoms with Gasteiger partial charge in [0, 0.05) is 31.6 Å². The number of hydrogen-bond donors (Lipinski definition) is 2. The second-order valence-electron chi connectivity index (χ2n) is 6.09. The molecule has 1 amide bonds. The average Bonchev–Trinajstić information content (AvgIpc) is 2.97. The first-order valence-electron chi connectivity index (χ1n) is 7.87. The average molecular weight is 337 g/mol. The quantitative estimate of drug-likeness (QED) is 0.584. The summed E-state index contributed by atoms with van der Waals surface area (Å²) in [4.78, 5) is 22.4. The number of carbonyl (C=O) groups is 1. The van der Waals surface area contributed by atoms with Crippen LogP contribution < -0.4 is 10.6 Å². The van der Waals surface area contributed by atoms with Crippen molar-refractivity contribution in [3.8, 4) is 0 Å². The highest BCUT2D eigenvalue weighted by Crippen LogP contribution is 2.29. The lowest BCUT2D eigenvalue weighted by molar-refractivity contribution is -0.384. The van der Waals surface area contributed by atoms with Gasteiger partial charge in [-0.1, -0.05) is 6.92 Å². The fraction of sp³-hybridized carbons (Fsp3) is 0.562. The Bertz CT molecular complexity index is 614. The summed E-state index contributed by atoms with van der Waals surface area (Å²) in [5.41, 5.74) is 0.517. The van der Waals surface area contributed by atoms with Crippen molar-refractivity contribution < 1.29 is 19.2 Å². The molecule has 0 saturated carbocycles. The first kappa shape index (κ1) is 18.2. The fourth-order valence-corrected chi connectivity index (χ4v) is 2.78. The number of carbonyl (C=O) groups excluding carboxylic acids is 1. The Morgan fingerprint density at radius 1 is 1.42 bits per heavy atom. The van der Waals surface area contributed by atoms with Crippen molar-refractivity contribution >= 4 is 17.3 Å². The molecule has 24 heavy (non-hydrogen) atoms. The molecule has 1 atom stereocenters. The molecule has 1 fully saturated rings. The second kappa shape index (κ2) is 7.59. The van der Waals surface area contributed by atoms with Gasteiger partial charge in [-0.05, 0) is 25.0 Å². The van der Waals surface area contributed by atoms with Crippen LogP contribution in [-0.2, 0) is 9.47 Å². The van der Waals surface area contributed by atoms with Gasteiger partial charge >= 0.3 is 0 Å². The van der Waals surface area contributed by atoms with Crippen molar-refractivity contribution in [3.63, 3.8) is 0 Å². The van der Waals surface area contributed by atoms with Crippen molar-refractivity contribution in [1.29, 1.82) is 0 Å². The number of benzene rings is 1. The van der Waals surface area contributed by atoms with E-state index in [0.717, 1.165) is 0 Å². The van der Waals surface area contributed by atoms with Crippen LogP contribution in [-0.4, -0.2) is 43.4 Å². The molecule has 132 valence electrons. The molecule has 0 spiro atoms. The molecule has 0 aliphatic carbocycles. The Morgan fingerprint density at radius 3 is 2.67 bits per heavy atom. The third kappa shape index (κ3) is 4.42. The van der Waals surface area contributed by atoms with E-state index in [4.69, 9.17) is 9.47 Å². The lowest BCUT2D eigenvalue weighted by Gasteiger charge is -2.26. The number of nitro benzene ring substituents is 1. The maximum absolute atomic E-state index is 11.6. The van der Waals surface area contributed by atoms with E-state index in [-0.39, 0.29) is 23.1 Å². The van der Waals surface area contributed by atoms with E-state index >= 15 is 0 Å². The highest BCUT2D eigenvalue weighted by Gasteiger charge is 2.32. The molecule has 1 saturated heterocycles. The van der Waals surface area contributed by atoms with Crippen LogP contribution in [0.1, 0.15) is 30.6 Å². The number of ether oxygens (including phenoxy) is 2. The van der Waals surface area contributed by atoms with Gasteiger partial charge in [-0.25, -0.2) is 0 Å². The van der Waals surface area contributed by atoms with Crippen LogP contribution in [0, 0.1) is 16.0 Å². The molecular weight excluding hydrogens is 314 g/mol. The molecule has 1 aliphatic rings. The number of rotatable bonds is 7. The zero-order valence-electron chi connectivity index (χ0n) is 14.1. The van der Waals surface area contributed by atoms with Gasteiger partial charge in [-0.2, -0.15) is 0 Å². The molecule has 8 heteroatoms. The van der Waals surface area contributed by atoms with Crippen LogP contribution in [0.25, 0.3) is 0 Å². The zero-order chi connectivity index (χ0) is 17.7. The van der Waals surface area contributed by atoms with E-state index in [1.54, 1.807) is 12.1 Å². The second-order valence-corrected chi connectivity index (χ2v) is 6.09. The summed E-state index contributed by atoms with van der Waals surface area (Å²) < 4.78 is 11.2. The van der Waals surface area contributed by atoms with Crippen LogP contribution in [0.5, 0.6) is 0 Å². The Labute approximate surface area is 140 Å². The van der Waals surface area contributed by atoms with Crippen LogP contribution in [0.4, 0.5) is 11.4 Å². The molecule has 0 aromatic heterocycles. The maximum Gasteiger partial charge on any atom is 0.293 e. The fourth-order valence-electron chi connectivity index (χ4n) is 2.78. The lowest BCUT2D eigenvalue weighted by atomic mass is 10.0. The summed E-state index contributed by atoms with van der Waals surface area (Å²) in [6.45, 7) is 5.62. The van der Waals surface area contributed by atoms with Crippen LogP contribution in [0.3, 0.4) is 0 Å². The first-order chi connectivity index (χ1) is 11.3. The predicted octanol–water partition coefficient (Wildman–Crippen LogP) is 2.16. The number of amides is 1. The van der Waals surface area contributed by atoms with Gasteiger partial charge in [-0.3, -0.25) is 14.9 Å². The van der Waals surface area contributed by atoms with Crippen LogP contribution in [0.15, 0.2) is 18.2 Å². The molecule has 1 unspecified atom stereocenters. The summed E-state index contributed by atoms with van der Waals surface area (Å²) in [5, 5.41) is 16.8. The molecule has 1 aromatic carbocycles. The van der Waals surface area contributed by atoms with Gasteiger partial charge in [0.15, 0.2) is 5.79 Å². The van der Waals surface area contributed by atoms with Gasteiger partial charge in [-0.15, -0.1) is 0 Å². The highest BCUT2D eigenvalue weighted by atomic mass is 16.7. The Morgan fingerprint density at radius 2 is 2.08 bits per heavy atom. The summed E-state index contributed by atoms with van der Waals surface area (Å²) in [6.07, 6.45) is 0.685. The minimum atomic E-state index is -0.587. The predicted molar refractivity (Wildman–Crippen MR) is 89.1 cm³/mol. The summed E-state index contributed by atoms with van der Waals surface area (Å²) in [5.74, 6) is -0.761. The summed E-state index contributed by atoms with van der Waals surface area (Å²) in [6, 6.07) is 4.39. The molecule has 8 nitrogen and oxygen atoms in total. The third-order valence-electron chi connectivity index (χ3n) is 3.94. The molecule has 0 radical (unpaired) electrons. The van der Waals surface area contributed by atoms with Crippen molar-refractivity contribution in [1.82, 2.24) is 5.32 Å². The molecule has 2 N–H and O–H groups in total. The minimum Gasteiger partial charge on any atom is -0.379 e. The minimum absolute atomic E-state index is 0.122.